The average Bonchev–Trinajstić information content (AvgIpc) is 2.55. The maximum atomic E-state index is 12.4. The largest absolute Gasteiger partial charge is 0.490 e. The fourth-order valence-electron chi connectivity index (χ4n) is 2.17. The highest BCUT2D eigenvalue weighted by atomic mass is 19.3. The van der Waals surface area contributed by atoms with Gasteiger partial charge in [0.05, 0.1) is 6.61 Å². The van der Waals surface area contributed by atoms with Gasteiger partial charge < -0.3 is 14.8 Å². The van der Waals surface area contributed by atoms with Crippen molar-refractivity contribution in [2.45, 2.75) is 20.5 Å². The van der Waals surface area contributed by atoms with E-state index in [0.29, 0.717) is 17.9 Å². The summed E-state index contributed by atoms with van der Waals surface area (Å²) in [5, 5.41) is 2.75. The fourth-order valence-corrected chi connectivity index (χ4v) is 2.17. The van der Waals surface area contributed by atoms with E-state index < -0.39 is 6.61 Å². The minimum atomic E-state index is -2.93. The number of carbonyl (C=O) groups excluding carboxylic acids is 1. The first-order valence-electron chi connectivity index (χ1n) is 7.75. The molecule has 0 aliphatic rings. The molecular weight excluding hydrogens is 328 g/mol. The van der Waals surface area contributed by atoms with Crippen LogP contribution in [-0.2, 0) is 4.79 Å². The standard InChI is InChI=1S/C19H19F2NO3/c1-3-24-17-12-14(7-9-16(17)25-19(20)21)8-10-18(23)22-15-6-4-5-13(2)11-15/h4-12,19H,3H2,1-2H3,(H,22,23)/b10-8+. The topological polar surface area (TPSA) is 47.6 Å². The predicted octanol–water partition coefficient (Wildman–Crippen LogP) is 4.65. The lowest BCUT2D eigenvalue weighted by Crippen LogP contribution is -2.07. The molecule has 25 heavy (non-hydrogen) atoms. The lowest BCUT2D eigenvalue weighted by atomic mass is 10.2. The summed E-state index contributed by atoms with van der Waals surface area (Å²) in [5.41, 5.74) is 2.37. The molecule has 0 saturated carbocycles. The Balaban J connectivity index is 2.08. The number of anilines is 1. The highest BCUT2D eigenvalue weighted by Crippen LogP contribution is 2.30. The summed E-state index contributed by atoms with van der Waals surface area (Å²) in [6.07, 6.45) is 2.93. The SMILES string of the molecule is CCOc1cc(/C=C/C(=O)Nc2cccc(C)c2)ccc1OC(F)F. The lowest BCUT2D eigenvalue weighted by molar-refractivity contribution is -0.111. The van der Waals surface area contributed by atoms with Crippen LogP contribution < -0.4 is 14.8 Å². The van der Waals surface area contributed by atoms with E-state index in [1.165, 1.54) is 18.2 Å². The van der Waals surface area contributed by atoms with Crippen LogP contribution in [0.15, 0.2) is 48.5 Å². The van der Waals surface area contributed by atoms with Crippen molar-refractivity contribution in [3.8, 4) is 11.5 Å². The summed E-state index contributed by atoms with van der Waals surface area (Å²) >= 11 is 0. The van der Waals surface area contributed by atoms with E-state index in [2.05, 4.69) is 10.1 Å². The second kappa shape index (κ2) is 8.82. The van der Waals surface area contributed by atoms with Crippen molar-refractivity contribution in [3.63, 3.8) is 0 Å². The van der Waals surface area contributed by atoms with E-state index in [1.54, 1.807) is 25.1 Å². The summed E-state index contributed by atoms with van der Waals surface area (Å²) in [5.74, 6) is -0.140. The van der Waals surface area contributed by atoms with E-state index in [-0.39, 0.29) is 17.4 Å². The van der Waals surface area contributed by atoms with E-state index in [1.807, 2.05) is 25.1 Å². The number of carbonyl (C=O) groups is 1. The quantitative estimate of drug-likeness (QED) is 0.742. The third-order valence-corrected chi connectivity index (χ3v) is 3.20. The van der Waals surface area contributed by atoms with Crippen LogP contribution in [-0.4, -0.2) is 19.1 Å². The predicted molar refractivity (Wildman–Crippen MR) is 93.1 cm³/mol. The Hall–Kier alpha value is -2.89. The highest BCUT2D eigenvalue weighted by Gasteiger charge is 2.11. The first-order chi connectivity index (χ1) is 12.0. The maximum absolute atomic E-state index is 12.4. The van der Waals surface area contributed by atoms with Gasteiger partial charge in [0.1, 0.15) is 0 Å². The van der Waals surface area contributed by atoms with Crippen LogP contribution in [0.2, 0.25) is 0 Å². The van der Waals surface area contributed by atoms with Gasteiger partial charge in [-0.3, -0.25) is 4.79 Å². The Morgan fingerprint density at radius 1 is 1.20 bits per heavy atom. The summed E-state index contributed by atoms with van der Waals surface area (Å²) in [7, 11) is 0. The molecule has 0 saturated heterocycles. The first kappa shape index (κ1) is 18.4. The Bertz CT molecular complexity index is 760. The number of alkyl halides is 2. The molecule has 0 unspecified atom stereocenters. The summed E-state index contributed by atoms with van der Waals surface area (Å²) < 4.78 is 34.5. The van der Waals surface area contributed by atoms with Crippen LogP contribution in [0.4, 0.5) is 14.5 Å². The molecule has 0 fully saturated rings. The van der Waals surface area contributed by atoms with Gasteiger partial charge >= 0.3 is 6.61 Å². The third kappa shape index (κ3) is 5.91. The third-order valence-electron chi connectivity index (χ3n) is 3.20. The van der Waals surface area contributed by atoms with Gasteiger partial charge in [0.25, 0.3) is 0 Å². The molecule has 0 aromatic heterocycles. The number of nitrogens with one attached hydrogen (secondary N) is 1. The minimum Gasteiger partial charge on any atom is -0.490 e. The zero-order chi connectivity index (χ0) is 18.2. The van der Waals surface area contributed by atoms with Crippen LogP contribution in [0.5, 0.6) is 11.5 Å². The molecule has 1 amide bonds. The number of hydrogen-bond donors (Lipinski definition) is 1. The van der Waals surface area contributed by atoms with Crippen LogP contribution in [0, 0.1) is 6.92 Å². The molecule has 0 heterocycles. The Kier molecular flexibility index (Phi) is 6.51. The molecule has 2 aromatic rings. The molecule has 6 heteroatoms. The van der Waals surface area contributed by atoms with Gasteiger partial charge in [-0.15, -0.1) is 0 Å². The number of amides is 1. The molecule has 0 atom stereocenters. The zero-order valence-electron chi connectivity index (χ0n) is 14.0. The second-order valence-corrected chi connectivity index (χ2v) is 5.21. The van der Waals surface area contributed by atoms with Crippen LogP contribution >= 0.6 is 0 Å². The number of aryl methyl sites for hydroxylation is 1. The van der Waals surface area contributed by atoms with Crippen molar-refractivity contribution >= 4 is 17.7 Å². The molecule has 132 valence electrons. The van der Waals surface area contributed by atoms with Gasteiger partial charge in [0.2, 0.25) is 5.91 Å². The van der Waals surface area contributed by atoms with E-state index in [9.17, 15) is 13.6 Å². The normalized spacial score (nSPS) is 10.9. The number of rotatable bonds is 7. The first-order valence-corrected chi connectivity index (χ1v) is 7.75. The van der Waals surface area contributed by atoms with Gasteiger partial charge in [-0.25, -0.2) is 0 Å². The second-order valence-electron chi connectivity index (χ2n) is 5.21. The van der Waals surface area contributed by atoms with Crippen molar-refractivity contribution in [1.82, 2.24) is 0 Å². The van der Waals surface area contributed by atoms with Gasteiger partial charge in [0, 0.05) is 11.8 Å². The molecule has 0 bridgehead atoms. The molecule has 0 radical (unpaired) electrons. The van der Waals surface area contributed by atoms with E-state index in [0.717, 1.165) is 5.56 Å². The molecule has 4 nitrogen and oxygen atoms in total. The van der Waals surface area contributed by atoms with Crippen LogP contribution in [0.1, 0.15) is 18.1 Å². The Labute approximate surface area is 145 Å². The van der Waals surface area contributed by atoms with Crippen molar-refractivity contribution in [2.75, 3.05) is 11.9 Å². The number of hydrogen-bond acceptors (Lipinski definition) is 3. The molecule has 0 aliphatic heterocycles. The highest BCUT2D eigenvalue weighted by molar-refractivity contribution is 6.02. The molecular formula is C19H19F2NO3. The fraction of sp³-hybridized carbons (Fsp3) is 0.211. The molecule has 0 spiro atoms. The van der Waals surface area contributed by atoms with E-state index >= 15 is 0 Å². The van der Waals surface area contributed by atoms with Crippen LogP contribution in [0.25, 0.3) is 6.08 Å². The number of halogens is 2. The minimum absolute atomic E-state index is 0.0433. The van der Waals surface area contributed by atoms with Crippen LogP contribution in [0.3, 0.4) is 0 Å². The van der Waals surface area contributed by atoms with Crippen molar-refractivity contribution < 1.29 is 23.0 Å². The van der Waals surface area contributed by atoms with Crippen molar-refractivity contribution in [3.05, 3.63) is 59.7 Å². The number of benzene rings is 2. The number of ether oxygens (including phenoxy) is 2. The van der Waals surface area contributed by atoms with Crippen molar-refractivity contribution in [2.24, 2.45) is 0 Å². The molecule has 1 N–H and O–H groups in total. The smallest absolute Gasteiger partial charge is 0.387 e. The molecule has 2 aromatic carbocycles. The van der Waals surface area contributed by atoms with Crippen molar-refractivity contribution in [1.29, 1.82) is 0 Å². The molecule has 0 aliphatic carbocycles. The monoisotopic (exact) mass is 347 g/mol. The summed E-state index contributed by atoms with van der Waals surface area (Å²) in [6, 6.07) is 11.9. The van der Waals surface area contributed by atoms with Gasteiger partial charge in [-0.2, -0.15) is 8.78 Å². The maximum Gasteiger partial charge on any atom is 0.387 e. The molecule has 2 rings (SSSR count). The summed E-state index contributed by atoms with van der Waals surface area (Å²) in [6.45, 7) is 1.05. The Morgan fingerprint density at radius 2 is 2.00 bits per heavy atom. The van der Waals surface area contributed by atoms with Gasteiger partial charge in [-0.05, 0) is 55.3 Å². The van der Waals surface area contributed by atoms with E-state index in [4.69, 9.17) is 4.74 Å². The Morgan fingerprint density at radius 3 is 2.68 bits per heavy atom. The van der Waals surface area contributed by atoms with Gasteiger partial charge in [0.15, 0.2) is 11.5 Å². The van der Waals surface area contributed by atoms with Gasteiger partial charge in [-0.1, -0.05) is 18.2 Å². The average molecular weight is 347 g/mol. The summed E-state index contributed by atoms with van der Waals surface area (Å²) in [4.78, 5) is 12.0. The zero-order valence-corrected chi connectivity index (χ0v) is 14.0. The lowest BCUT2D eigenvalue weighted by Gasteiger charge is -2.11.